The van der Waals surface area contributed by atoms with E-state index in [4.69, 9.17) is 0 Å². The molecule has 0 amide bonds. The van der Waals surface area contributed by atoms with Gasteiger partial charge in [0.25, 0.3) is 0 Å². The fraction of sp³-hybridized carbons (Fsp3) is 0.368. The number of guanidine groups is 1. The maximum Gasteiger partial charge on any atom is 0.191 e. The van der Waals surface area contributed by atoms with Gasteiger partial charge in [-0.05, 0) is 48.7 Å². The van der Waals surface area contributed by atoms with Gasteiger partial charge in [-0.25, -0.2) is 13.4 Å². The number of rotatable bonds is 7. The molecule has 9 heteroatoms. The lowest BCUT2D eigenvalue weighted by Gasteiger charge is -2.15. The first-order valence-electron chi connectivity index (χ1n) is 8.71. The first-order chi connectivity index (χ1) is 12.8. The summed E-state index contributed by atoms with van der Waals surface area (Å²) in [7, 11) is -3.23. The molecule has 1 heterocycles. The number of halogens is 1. The molecule has 1 atom stereocenters. The third-order valence-electron chi connectivity index (χ3n) is 3.96. The number of hydrogen-bond donors (Lipinski definition) is 3. The van der Waals surface area contributed by atoms with Gasteiger partial charge in [0, 0.05) is 31.7 Å². The molecular weight excluding hydrogens is 491 g/mol. The van der Waals surface area contributed by atoms with E-state index in [0.717, 1.165) is 11.1 Å². The molecule has 3 N–H and O–H groups in total. The first-order valence-corrected chi connectivity index (χ1v) is 10.6. The Morgan fingerprint density at radius 1 is 1.21 bits per heavy atom. The second kappa shape index (κ2) is 11.3. The molecule has 2 aromatic rings. The van der Waals surface area contributed by atoms with Crippen LogP contribution in [0, 0.1) is 6.92 Å². The summed E-state index contributed by atoms with van der Waals surface area (Å²) in [5.74, 6) is 0.579. The number of hydrogen-bond acceptors (Lipinski definition) is 5. The van der Waals surface area contributed by atoms with E-state index in [1.807, 2.05) is 13.0 Å². The van der Waals surface area contributed by atoms with E-state index >= 15 is 0 Å². The summed E-state index contributed by atoms with van der Waals surface area (Å²) in [6.07, 6.45) is 3.81. The largest absolute Gasteiger partial charge is 0.387 e. The van der Waals surface area contributed by atoms with E-state index in [0.29, 0.717) is 36.1 Å². The number of aliphatic imine (C=N–C) groups is 1. The molecule has 0 spiro atoms. The Kier molecular flexibility index (Phi) is 9.83. The number of aromatic nitrogens is 1. The van der Waals surface area contributed by atoms with Crippen molar-refractivity contribution in [2.45, 2.75) is 31.4 Å². The van der Waals surface area contributed by atoms with E-state index in [-0.39, 0.29) is 24.0 Å². The summed E-state index contributed by atoms with van der Waals surface area (Å²) in [5.41, 5.74) is 2.39. The predicted molar refractivity (Wildman–Crippen MR) is 122 cm³/mol. The molecule has 154 valence electrons. The monoisotopic (exact) mass is 518 g/mol. The van der Waals surface area contributed by atoms with Gasteiger partial charge in [0.05, 0.1) is 17.5 Å². The summed E-state index contributed by atoms with van der Waals surface area (Å²) < 4.78 is 23.4. The molecule has 0 saturated carbocycles. The zero-order valence-corrected chi connectivity index (χ0v) is 19.4. The molecule has 0 saturated heterocycles. The fourth-order valence-electron chi connectivity index (χ4n) is 2.63. The minimum absolute atomic E-state index is 0. The quantitative estimate of drug-likeness (QED) is 0.295. The van der Waals surface area contributed by atoms with Crippen LogP contribution in [0.3, 0.4) is 0 Å². The Morgan fingerprint density at radius 2 is 1.89 bits per heavy atom. The summed E-state index contributed by atoms with van der Waals surface area (Å²) in [6.45, 7) is 5.12. The summed E-state index contributed by atoms with van der Waals surface area (Å²) in [5, 5.41) is 16.5. The molecule has 2 rings (SSSR count). The van der Waals surface area contributed by atoms with Crippen LogP contribution in [0.1, 0.15) is 29.7 Å². The lowest BCUT2D eigenvalue weighted by Crippen LogP contribution is -2.39. The maximum atomic E-state index is 11.7. The lowest BCUT2D eigenvalue weighted by molar-refractivity contribution is 0.180. The number of aliphatic hydroxyl groups is 1. The number of benzene rings is 1. The van der Waals surface area contributed by atoms with E-state index in [1.165, 1.54) is 6.26 Å². The van der Waals surface area contributed by atoms with Crippen molar-refractivity contribution in [3.63, 3.8) is 0 Å². The molecule has 28 heavy (non-hydrogen) atoms. The van der Waals surface area contributed by atoms with Crippen molar-refractivity contribution in [2.24, 2.45) is 4.99 Å². The maximum absolute atomic E-state index is 11.7. The van der Waals surface area contributed by atoms with Gasteiger partial charge >= 0.3 is 0 Å². The Labute approximate surface area is 183 Å². The Balaban J connectivity index is 0.00000392. The third-order valence-corrected chi connectivity index (χ3v) is 5.21. The third kappa shape index (κ3) is 7.36. The van der Waals surface area contributed by atoms with Gasteiger partial charge in [0.15, 0.2) is 15.8 Å². The van der Waals surface area contributed by atoms with E-state index in [9.17, 15) is 13.5 Å². The number of aryl methyl sites for hydroxylation is 1. The van der Waals surface area contributed by atoms with Crippen molar-refractivity contribution < 1.29 is 13.5 Å². The lowest BCUT2D eigenvalue weighted by atomic mass is 10.1. The van der Waals surface area contributed by atoms with Crippen LogP contribution in [0.15, 0.2) is 52.6 Å². The molecule has 0 aliphatic heterocycles. The zero-order chi connectivity index (χ0) is 19.9. The molecule has 0 aliphatic carbocycles. The van der Waals surface area contributed by atoms with Gasteiger partial charge < -0.3 is 15.7 Å². The molecule has 0 radical (unpaired) electrons. The van der Waals surface area contributed by atoms with Crippen LogP contribution in [0.5, 0.6) is 0 Å². The fourth-order valence-corrected chi connectivity index (χ4v) is 3.59. The average molecular weight is 518 g/mol. The highest BCUT2D eigenvalue weighted by molar-refractivity contribution is 14.0. The van der Waals surface area contributed by atoms with Gasteiger partial charge in [-0.1, -0.05) is 12.1 Å². The highest BCUT2D eigenvalue weighted by Crippen LogP contribution is 2.17. The number of nitrogens with one attached hydrogen (secondary N) is 2. The van der Waals surface area contributed by atoms with Crippen LogP contribution in [0.4, 0.5) is 0 Å². The standard InChI is InChI=1S/C19H26N4O3S.HI/c1-4-21-19(23-13-17(24)16-7-9-20-10-8-16)22-12-15-5-6-18(14(2)11-15)27(3,25)26;/h5-11,17,24H,4,12-13H2,1-3H3,(H2,21,22,23);1H. The molecule has 1 unspecified atom stereocenters. The molecule has 0 bridgehead atoms. The van der Waals surface area contributed by atoms with Gasteiger partial charge in [0.2, 0.25) is 0 Å². The van der Waals surface area contributed by atoms with Crippen LogP contribution >= 0.6 is 24.0 Å². The summed E-state index contributed by atoms with van der Waals surface area (Å²) in [6, 6.07) is 8.74. The van der Waals surface area contributed by atoms with Crippen molar-refractivity contribution in [1.29, 1.82) is 0 Å². The number of pyridine rings is 1. The van der Waals surface area contributed by atoms with Crippen LogP contribution in [0.25, 0.3) is 0 Å². The molecule has 1 aromatic carbocycles. The Bertz CT molecular complexity index is 889. The Hall–Kier alpha value is -1.72. The van der Waals surface area contributed by atoms with Crippen LogP contribution in [-0.4, -0.2) is 43.8 Å². The highest BCUT2D eigenvalue weighted by Gasteiger charge is 2.11. The molecule has 1 aromatic heterocycles. The topological polar surface area (TPSA) is 104 Å². The van der Waals surface area contributed by atoms with Crippen molar-refractivity contribution >= 4 is 39.8 Å². The molecule has 0 fully saturated rings. The molecule has 0 aliphatic rings. The number of sulfone groups is 1. The van der Waals surface area contributed by atoms with Gasteiger partial charge in [-0.2, -0.15) is 0 Å². The SMILES string of the molecule is CCNC(=NCc1ccc(S(C)(=O)=O)c(C)c1)NCC(O)c1ccncc1.I. The van der Waals surface area contributed by atoms with Gasteiger partial charge in [0.1, 0.15) is 0 Å². The van der Waals surface area contributed by atoms with Crippen LogP contribution in [0.2, 0.25) is 0 Å². The highest BCUT2D eigenvalue weighted by atomic mass is 127. The summed E-state index contributed by atoms with van der Waals surface area (Å²) >= 11 is 0. The van der Waals surface area contributed by atoms with Gasteiger partial charge in [-0.15, -0.1) is 24.0 Å². The second-order valence-electron chi connectivity index (χ2n) is 6.24. The molecule has 7 nitrogen and oxygen atoms in total. The zero-order valence-electron chi connectivity index (χ0n) is 16.2. The minimum atomic E-state index is -3.23. The van der Waals surface area contributed by atoms with E-state index in [2.05, 4.69) is 20.6 Å². The van der Waals surface area contributed by atoms with E-state index < -0.39 is 15.9 Å². The molecular formula is C19H27IN4O3S. The average Bonchev–Trinajstić information content (AvgIpc) is 2.63. The van der Waals surface area contributed by atoms with Gasteiger partial charge in [-0.3, -0.25) is 4.98 Å². The number of aliphatic hydroxyl groups excluding tert-OH is 1. The van der Waals surface area contributed by atoms with Crippen molar-refractivity contribution in [2.75, 3.05) is 19.3 Å². The Morgan fingerprint density at radius 3 is 2.46 bits per heavy atom. The van der Waals surface area contributed by atoms with Crippen LogP contribution < -0.4 is 10.6 Å². The van der Waals surface area contributed by atoms with E-state index in [1.54, 1.807) is 43.6 Å². The second-order valence-corrected chi connectivity index (χ2v) is 8.23. The summed E-state index contributed by atoms with van der Waals surface area (Å²) in [4.78, 5) is 8.78. The first kappa shape index (κ1) is 24.3. The minimum Gasteiger partial charge on any atom is -0.387 e. The van der Waals surface area contributed by atoms with Crippen molar-refractivity contribution in [3.05, 3.63) is 59.4 Å². The smallest absolute Gasteiger partial charge is 0.191 e. The predicted octanol–water partition coefficient (Wildman–Crippen LogP) is 2.20. The number of nitrogens with zero attached hydrogens (tertiary/aromatic N) is 2. The van der Waals surface area contributed by atoms with Crippen LogP contribution in [-0.2, 0) is 16.4 Å². The normalized spacial score (nSPS) is 12.8. The van der Waals surface area contributed by atoms with Crippen molar-refractivity contribution in [1.82, 2.24) is 15.6 Å². The van der Waals surface area contributed by atoms with Crippen molar-refractivity contribution in [3.8, 4) is 0 Å².